The zero-order chi connectivity index (χ0) is 17.5. The normalized spacial score (nSPS) is 10.6. The van der Waals surface area contributed by atoms with Gasteiger partial charge in [-0.05, 0) is 36.3 Å². The first kappa shape index (κ1) is 18.0. The zero-order valence-electron chi connectivity index (χ0n) is 12.9. The Balaban J connectivity index is 1.88. The van der Waals surface area contributed by atoms with Crippen LogP contribution in [0.4, 0.5) is 5.69 Å². The fourth-order valence-electron chi connectivity index (χ4n) is 1.91. The lowest BCUT2D eigenvalue weighted by atomic mass is 10.1. The van der Waals surface area contributed by atoms with Crippen LogP contribution >= 0.6 is 23.2 Å². The molecule has 0 unspecified atom stereocenters. The van der Waals surface area contributed by atoms with E-state index in [4.69, 9.17) is 27.9 Å². The number of esters is 1. The number of hydrogen-bond donors (Lipinski definition) is 1. The Morgan fingerprint density at radius 3 is 2.42 bits per heavy atom. The highest BCUT2D eigenvalue weighted by Gasteiger charge is 2.11. The summed E-state index contributed by atoms with van der Waals surface area (Å²) in [5.74, 6) is -1.14. The quantitative estimate of drug-likeness (QED) is 0.628. The minimum atomic E-state index is -0.612. The number of para-hydroxylation sites is 1. The van der Waals surface area contributed by atoms with Gasteiger partial charge >= 0.3 is 5.97 Å². The van der Waals surface area contributed by atoms with Crippen LogP contribution < -0.4 is 5.32 Å². The molecule has 0 fully saturated rings. The number of amides is 1. The van der Waals surface area contributed by atoms with Gasteiger partial charge in [-0.15, -0.1) is 0 Å². The number of benzene rings is 2. The molecule has 1 amide bonds. The number of nitrogens with one attached hydrogen (secondary N) is 1. The third-order valence-electron chi connectivity index (χ3n) is 3.16. The molecule has 2 aromatic rings. The summed E-state index contributed by atoms with van der Waals surface area (Å²) in [6, 6.07) is 12.5. The molecule has 1 N–H and O–H groups in total. The van der Waals surface area contributed by atoms with Crippen molar-refractivity contribution < 1.29 is 14.3 Å². The molecule has 0 atom stereocenters. The smallest absolute Gasteiger partial charge is 0.331 e. The molecule has 4 nitrogen and oxygen atoms in total. The molecule has 0 aliphatic rings. The maximum absolute atomic E-state index is 11.8. The molecule has 24 heavy (non-hydrogen) atoms. The standard InChI is InChI=1S/C18H15Cl2NO3/c1-12-5-2-3-6-13(12)9-10-17(23)24-11-16(22)21-18-14(19)7-4-8-15(18)20/h2-10H,11H2,1H3,(H,21,22)/b10-9+. The molecule has 0 aliphatic heterocycles. The average molecular weight is 364 g/mol. The summed E-state index contributed by atoms with van der Waals surface area (Å²) >= 11 is 11.9. The number of hydrogen-bond acceptors (Lipinski definition) is 3. The molecule has 0 aromatic heterocycles. The van der Waals surface area contributed by atoms with Gasteiger partial charge in [0.2, 0.25) is 0 Å². The SMILES string of the molecule is Cc1ccccc1/C=C/C(=O)OCC(=O)Nc1c(Cl)cccc1Cl. The monoisotopic (exact) mass is 363 g/mol. The second-order valence-electron chi connectivity index (χ2n) is 4.94. The Morgan fingerprint density at radius 2 is 1.75 bits per heavy atom. The largest absolute Gasteiger partial charge is 0.452 e. The van der Waals surface area contributed by atoms with E-state index in [-0.39, 0.29) is 5.69 Å². The van der Waals surface area contributed by atoms with Crippen molar-refractivity contribution in [2.45, 2.75) is 6.92 Å². The molecule has 2 aromatic carbocycles. The van der Waals surface area contributed by atoms with Gasteiger partial charge in [-0.3, -0.25) is 4.79 Å². The van der Waals surface area contributed by atoms with Crippen molar-refractivity contribution in [3.05, 3.63) is 69.7 Å². The van der Waals surface area contributed by atoms with Gasteiger partial charge in [0, 0.05) is 6.08 Å². The predicted molar refractivity (Wildman–Crippen MR) is 96.3 cm³/mol. The highest BCUT2D eigenvalue weighted by molar-refractivity contribution is 6.39. The van der Waals surface area contributed by atoms with Crippen molar-refractivity contribution in [2.75, 3.05) is 11.9 Å². The van der Waals surface area contributed by atoms with Gasteiger partial charge in [-0.2, -0.15) is 0 Å². The molecular formula is C18H15Cl2NO3. The van der Waals surface area contributed by atoms with E-state index in [2.05, 4.69) is 5.32 Å². The third-order valence-corrected chi connectivity index (χ3v) is 3.79. The van der Waals surface area contributed by atoms with Crippen molar-refractivity contribution in [3.63, 3.8) is 0 Å². The summed E-state index contributed by atoms with van der Waals surface area (Å²) in [7, 11) is 0. The second-order valence-corrected chi connectivity index (χ2v) is 5.76. The van der Waals surface area contributed by atoms with Crippen molar-refractivity contribution in [1.82, 2.24) is 0 Å². The van der Waals surface area contributed by atoms with Crippen LogP contribution in [0.2, 0.25) is 10.0 Å². The van der Waals surface area contributed by atoms with Gasteiger partial charge in [0.15, 0.2) is 6.61 Å². The summed E-state index contributed by atoms with van der Waals surface area (Å²) in [5, 5.41) is 3.13. The number of rotatable bonds is 5. The Morgan fingerprint density at radius 1 is 1.08 bits per heavy atom. The Labute approximate surface area is 150 Å². The lowest BCUT2D eigenvalue weighted by Crippen LogP contribution is -2.20. The van der Waals surface area contributed by atoms with E-state index in [1.54, 1.807) is 24.3 Å². The third kappa shape index (κ3) is 5.11. The lowest BCUT2D eigenvalue weighted by Gasteiger charge is -2.08. The Bertz CT molecular complexity index is 767. The molecule has 6 heteroatoms. The van der Waals surface area contributed by atoms with Crippen LogP contribution in [-0.2, 0) is 14.3 Å². The first-order chi connectivity index (χ1) is 11.5. The summed E-state index contributed by atoms with van der Waals surface area (Å²) in [6.07, 6.45) is 2.92. The topological polar surface area (TPSA) is 55.4 Å². The number of aryl methyl sites for hydroxylation is 1. The van der Waals surface area contributed by atoms with Crippen LogP contribution in [0.25, 0.3) is 6.08 Å². The number of carbonyl (C=O) groups is 2. The molecule has 0 saturated carbocycles. The van der Waals surface area contributed by atoms with E-state index in [1.807, 2.05) is 31.2 Å². The van der Waals surface area contributed by atoms with Gasteiger partial charge in [-0.25, -0.2) is 4.79 Å². The first-order valence-electron chi connectivity index (χ1n) is 7.11. The van der Waals surface area contributed by atoms with Crippen LogP contribution in [0.5, 0.6) is 0 Å². The molecule has 0 aliphatic carbocycles. The Hall–Kier alpha value is -2.30. The van der Waals surface area contributed by atoms with E-state index < -0.39 is 18.5 Å². The maximum atomic E-state index is 11.8. The van der Waals surface area contributed by atoms with E-state index in [1.165, 1.54) is 6.08 Å². The highest BCUT2D eigenvalue weighted by Crippen LogP contribution is 2.29. The van der Waals surface area contributed by atoms with E-state index in [0.29, 0.717) is 10.0 Å². The summed E-state index contributed by atoms with van der Waals surface area (Å²) in [5.41, 5.74) is 2.23. The molecule has 0 spiro atoms. The molecular weight excluding hydrogens is 349 g/mol. The summed E-state index contributed by atoms with van der Waals surface area (Å²) < 4.78 is 4.89. The van der Waals surface area contributed by atoms with E-state index in [9.17, 15) is 9.59 Å². The summed E-state index contributed by atoms with van der Waals surface area (Å²) in [6.45, 7) is 1.50. The van der Waals surface area contributed by atoms with Crippen LogP contribution in [0.15, 0.2) is 48.5 Å². The number of carbonyl (C=O) groups excluding carboxylic acids is 2. The predicted octanol–water partition coefficient (Wildman–Crippen LogP) is 4.50. The lowest BCUT2D eigenvalue weighted by molar-refractivity contribution is -0.142. The van der Waals surface area contributed by atoms with Crippen molar-refractivity contribution in [1.29, 1.82) is 0 Å². The fourth-order valence-corrected chi connectivity index (χ4v) is 2.40. The highest BCUT2D eigenvalue weighted by atomic mass is 35.5. The van der Waals surface area contributed by atoms with Crippen molar-refractivity contribution in [3.8, 4) is 0 Å². The van der Waals surface area contributed by atoms with Gasteiger partial charge < -0.3 is 10.1 Å². The zero-order valence-corrected chi connectivity index (χ0v) is 14.4. The van der Waals surface area contributed by atoms with E-state index in [0.717, 1.165) is 11.1 Å². The molecule has 2 rings (SSSR count). The maximum Gasteiger partial charge on any atom is 0.331 e. The van der Waals surface area contributed by atoms with Gasteiger partial charge in [-0.1, -0.05) is 53.5 Å². The first-order valence-corrected chi connectivity index (χ1v) is 7.87. The molecule has 0 bridgehead atoms. The van der Waals surface area contributed by atoms with Crippen molar-refractivity contribution >= 4 is 46.8 Å². The molecule has 0 heterocycles. The van der Waals surface area contributed by atoms with Crippen LogP contribution in [0.1, 0.15) is 11.1 Å². The average Bonchev–Trinajstić information content (AvgIpc) is 2.56. The Kier molecular flexibility index (Phi) is 6.41. The minimum Gasteiger partial charge on any atom is -0.452 e. The van der Waals surface area contributed by atoms with Crippen LogP contribution in [-0.4, -0.2) is 18.5 Å². The number of halogens is 2. The molecule has 0 saturated heterocycles. The van der Waals surface area contributed by atoms with Crippen LogP contribution in [0.3, 0.4) is 0 Å². The number of anilines is 1. The van der Waals surface area contributed by atoms with Gasteiger partial charge in [0.25, 0.3) is 5.91 Å². The molecule has 124 valence electrons. The van der Waals surface area contributed by atoms with Crippen LogP contribution in [0, 0.1) is 6.92 Å². The minimum absolute atomic E-state index is 0.289. The second kappa shape index (κ2) is 8.52. The van der Waals surface area contributed by atoms with Gasteiger partial charge in [0.05, 0.1) is 15.7 Å². The number of ether oxygens (including phenoxy) is 1. The van der Waals surface area contributed by atoms with Gasteiger partial charge in [0.1, 0.15) is 0 Å². The fraction of sp³-hybridized carbons (Fsp3) is 0.111. The summed E-state index contributed by atoms with van der Waals surface area (Å²) in [4.78, 5) is 23.5. The molecule has 0 radical (unpaired) electrons. The van der Waals surface area contributed by atoms with E-state index >= 15 is 0 Å². The van der Waals surface area contributed by atoms with Crippen molar-refractivity contribution in [2.24, 2.45) is 0 Å².